The van der Waals surface area contributed by atoms with E-state index in [1.165, 1.54) is 55.2 Å². The molecule has 0 aliphatic rings. The maximum absolute atomic E-state index is 2.61. The SMILES string of the molecule is CC(C)(C)CC(C)(C)CC(C)(C)c1cc(C(C)(C)CC(C)(C)CC(C)(C)C)cc(C(C)(C)CC(C)(C)CC(C)(C)C)c1. The summed E-state index contributed by atoms with van der Waals surface area (Å²) < 4.78 is 0. The van der Waals surface area contributed by atoms with Gasteiger partial charge in [-0.2, -0.15) is 0 Å². The van der Waals surface area contributed by atoms with Gasteiger partial charge >= 0.3 is 0 Å². The average Bonchev–Trinajstić information content (AvgIpc) is 2.58. The molecule has 246 valence electrons. The molecule has 0 N–H and O–H groups in total. The van der Waals surface area contributed by atoms with Gasteiger partial charge in [0.25, 0.3) is 0 Å². The van der Waals surface area contributed by atoms with Gasteiger partial charge in [0.05, 0.1) is 0 Å². The summed E-state index contributed by atoms with van der Waals surface area (Å²) in [7, 11) is 0. The summed E-state index contributed by atoms with van der Waals surface area (Å²) in [6.45, 7) is 51.5. The van der Waals surface area contributed by atoms with E-state index in [1.807, 2.05) is 0 Å². The Kier molecular flexibility index (Phi) is 11.4. The minimum Gasteiger partial charge on any atom is -0.0602 e. The second-order valence-corrected chi connectivity index (χ2v) is 22.7. The third kappa shape index (κ3) is 13.5. The van der Waals surface area contributed by atoms with E-state index in [0.29, 0.717) is 16.2 Å². The fraction of sp³-hybridized carbons (Fsp3) is 0.857. The van der Waals surface area contributed by atoms with E-state index in [9.17, 15) is 0 Å². The molecular formula is C42H78. The van der Waals surface area contributed by atoms with Crippen LogP contribution in [-0.4, -0.2) is 0 Å². The van der Waals surface area contributed by atoms with Crippen molar-refractivity contribution in [2.24, 2.45) is 32.5 Å². The van der Waals surface area contributed by atoms with E-state index in [2.05, 4.69) is 164 Å². The van der Waals surface area contributed by atoms with Crippen LogP contribution in [0.5, 0.6) is 0 Å². The lowest BCUT2D eigenvalue weighted by molar-refractivity contribution is 0.162. The topological polar surface area (TPSA) is 0 Å². The minimum atomic E-state index is 0.0908. The molecule has 0 atom stereocenters. The van der Waals surface area contributed by atoms with Gasteiger partial charge < -0.3 is 0 Å². The number of hydrogen-bond acceptors (Lipinski definition) is 0. The molecule has 0 unspecified atom stereocenters. The summed E-state index contributed by atoms with van der Waals surface area (Å²) in [5.41, 5.74) is 6.65. The first-order valence-electron chi connectivity index (χ1n) is 17.2. The molecular weight excluding hydrogens is 504 g/mol. The van der Waals surface area contributed by atoms with E-state index in [-0.39, 0.29) is 32.5 Å². The highest BCUT2D eigenvalue weighted by Gasteiger charge is 2.39. The van der Waals surface area contributed by atoms with Gasteiger partial charge in [-0.25, -0.2) is 0 Å². The second-order valence-electron chi connectivity index (χ2n) is 22.7. The van der Waals surface area contributed by atoms with E-state index in [1.54, 1.807) is 0 Å². The molecule has 1 aromatic carbocycles. The minimum absolute atomic E-state index is 0.0908. The highest BCUT2D eigenvalue weighted by molar-refractivity contribution is 5.41. The standard InChI is InChI=1S/C42H78/c1-34(2,3)25-37(10,11)28-40(16,17)31-22-32(41(18,19)29-38(12,13)26-35(4,5)6)24-33(23-31)42(20,21)30-39(14,15)27-36(7,8)9/h22-24H,25-30H2,1-21H3. The van der Waals surface area contributed by atoms with Gasteiger partial charge in [0, 0.05) is 0 Å². The third-order valence-electron chi connectivity index (χ3n) is 9.07. The highest BCUT2D eigenvalue weighted by Crippen LogP contribution is 2.49. The number of rotatable bonds is 12. The molecule has 1 aromatic rings. The summed E-state index contributed by atoms with van der Waals surface area (Å²) in [6.07, 6.45) is 7.25. The maximum atomic E-state index is 2.61. The zero-order valence-electron chi connectivity index (χ0n) is 33.0. The van der Waals surface area contributed by atoms with Crippen LogP contribution in [0, 0.1) is 32.5 Å². The smallest absolute Gasteiger partial charge is 0.00983 e. The van der Waals surface area contributed by atoms with E-state index in [4.69, 9.17) is 0 Å². The molecule has 0 saturated heterocycles. The van der Waals surface area contributed by atoms with Crippen LogP contribution in [0.3, 0.4) is 0 Å². The van der Waals surface area contributed by atoms with Gasteiger partial charge in [-0.3, -0.25) is 0 Å². The summed E-state index contributed by atoms with van der Waals surface area (Å²) >= 11 is 0. The van der Waals surface area contributed by atoms with Crippen molar-refractivity contribution in [3.63, 3.8) is 0 Å². The van der Waals surface area contributed by atoms with Gasteiger partial charge in [0.2, 0.25) is 0 Å². The van der Waals surface area contributed by atoms with Crippen molar-refractivity contribution in [3.8, 4) is 0 Å². The molecule has 0 aliphatic heterocycles. The van der Waals surface area contributed by atoms with Crippen molar-refractivity contribution in [2.75, 3.05) is 0 Å². The fourth-order valence-electron chi connectivity index (χ4n) is 10.2. The lowest BCUT2D eigenvalue weighted by Crippen LogP contribution is -2.34. The summed E-state index contributed by atoms with van der Waals surface area (Å²) in [4.78, 5) is 0. The molecule has 0 saturated carbocycles. The van der Waals surface area contributed by atoms with Crippen LogP contribution in [0.15, 0.2) is 18.2 Å². The van der Waals surface area contributed by atoms with Crippen molar-refractivity contribution < 1.29 is 0 Å². The Morgan fingerprint density at radius 3 is 0.595 bits per heavy atom. The first-order valence-corrected chi connectivity index (χ1v) is 17.2. The van der Waals surface area contributed by atoms with E-state index < -0.39 is 0 Å². The van der Waals surface area contributed by atoms with Crippen LogP contribution in [0.1, 0.15) is 201 Å². The Balaban J connectivity index is 3.77. The van der Waals surface area contributed by atoms with Crippen molar-refractivity contribution >= 4 is 0 Å². The molecule has 0 spiro atoms. The Hall–Kier alpha value is -0.780. The highest BCUT2D eigenvalue weighted by atomic mass is 14.4. The zero-order chi connectivity index (χ0) is 33.6. The average molecular weight is 583 g/mol. The maximum Gasteiger partial charge on any atom is -0.00983 e. The van der Waals surface area contributed by atoms with E-state index in [0.717, 1.165) is 0 Å². The fourth-order valence-corrected chi connectivity index (χ4v) is 10.2. The Labute approximate surface area is 267 Å². The molecule has 42 heavy (non-hydrogen) atoms. The number of benzene rings is 1. The third-order valence-corrected chi connectivity index (χ3v) is 9.07. The molecule has 0 aliphatic carbocycles. The van der Waals surface area contributed by atoms with Crippen LogP contribution < -0.4 is 0 Å². The van der Waals surface area contributed by atoms with Crippen LogP contribution in [0.25, 0.3) is 0 Å². The van der Waals surface area contributed by atoms with Gasteiger partial charge in [-0.05, 0) is 104 Å². The summed E-state index contributed by atoms with van der Waals surface area (Å²) in [5, 5.41) is 0. The largest absolute Gasteiger partial charge is 0.0602 e. The Morgan fingerprint density at radius 2 is 0.452 bits per heavy atom. The Morgan fingerprint density at radius 1 is 0.286 bits per heavy atom. The van der Waals surface area contributed by atoms with Crippen molar-refractivity contribution in [3.05, 3.63) is 34.9 Å². The quantitative estimate of drug-likeness (QED) is 0.230. The van der Waals surface area contributed by atoms with Crippen LogP contribution >= 0.6 is 0 Å². The van der Waals surface area contributed by atoms with Crippen molar-refractivity contribution in [2.45, 2.75) is 200 Å². The second kappa shape index (κ2) is 12.2. The van der Waals surface area contributed by atoms with Crippen LogP contribution in [0.2, 0.25) is 0 Å². The molecule has 0 aromatic heterocycles. The van der Waals surface area contributed by atoms with Gasteiger partial charge in [-0.15, -0.1) is 0 Å². The lowest BCUT2D eigenvalue weighted by atomic mass is 9.62. The van der Waals surface area contributed by atoms with Gasteiger partial charge in [-0.1, -0.05) is 164 Å². The normalized spacial score (nSPS) is 15.4. The molecule has 0 fully saturated rings. The zero-order valence-corrected chi connectivity index (χ0v) is 33.0. The Bertz CT molecular complexity index is 870. The molecule has 0 bridgehead atoms. The molecule has 0 amide bonds. The summed E-state index contributed by atoms with van der Waals surface area (Å²) in [5.74, 6) is 0. The first kappa shape index (κ1) is 39.2. The first-order chi connectivity index (χ1) is 18.1. The van der Waals surface area contributed by atoms with Gasteiger partial charge in [0.1, 0.15) is 0 Å². The molecule has 0 heterocycles. The monoisotopic (exact) mass is 583 g/mol. The predicted molar refractivity (Wildman–Crippen MR) is 193 cm³/mol. The van der Waals surface area contributed by atoms with Crippen molar-refractivity contribution in [1.82, 2.24) is 0 Å². The lowest BCUT2D eigenvalue weighted by Gasteiger charge is -2.43. The van der Waals surface area contributed by atoms with Crippen LogP contribution in [0.4, 0.5) is 0 Å². The number of hydrogen-bond donors (Lipinski definition) is 0. The van der Waals surface area contributed by atoms with Gasteiger partial charge in [0.15, 0.2) is 0 Å². The molecule has 1 rings (SSSR count). The van der Waals surface area contributed by atoms with Crippen molar-refractivity contribution in [1.29, 1.82) is 0 Å². The predicted octanol–water partition coefficient (Wildman–Crippen LogP) is 14.1. The molecule has 0 heteroatoms. The summed E-state index contributed by atoms with van der Waals surface area (Å²) in [6, 6.07) is 7.83. The van der Waals surface area contributed by atoms with Crippen LogP contribution in [-0.2, 0) is 16.2 Å². The van der Waals surface area contributed by atoms with E-state index >= 15 is 0 Å². The molecule has 0 nitrogen and oxygen atoms in total. The molecule has 0 radical (unpaired) electrons.